The zero-order valence-corrected chi connectivity index (χ0v) is 29.5. The zero-order chi connectivity index (χ0) is 36.6. The first-order valence-corrected chi connectivity index (χ1v) is 18.3. The molecule has 3 aromatic heterocycles. The van der Waals surface area contributed by atoms with E-state index in [1.165, 1.54) is 32.6 Å². The number of benzene rings is 8. The van der Waals surface area contributed by atoms with E-state index in [1.54, 1.807) is 0 Å². The molecule has 0 saturated carbocycles. The summed E-state index contributed by atoms with van der Waals surface area (Å²) in [5.74, 6) is 0. The second-order valence-electron chi connectivity index (χ2n) is 13.9. The fourth-order valence-electron chi connectivity index (χ4n) is 8.71. The van der Waals surface area contributed by atoms with Crippen molar-refractivity contribution in [3.05, 3.63) is 199 Å². The number of aromatic nitrogens is 3. The predicted molar refractivity (Wildman–Crippen MR) is 227 cm³/mol. The van der Waals surface area contributed by atoms with E-state index in [2.05, 4.69) is 157 Å². The standard InChI is InChI=1S/C50H29N5/c1-51-41-28-24-33(30-49(41)55-46-20-10-6-15-39(46)50-42(52-2)16-11-21-48(50)55)32-22-25-34(26-23-32)53-45-19-9-5-14-38(45)40-31-35(27-29-47(40)53)54-43-17-7-3-12-36(43)37-13-4-8-18-44(37)54/h3-31H. The van der Waals surface area contributed by atoms with E-state index < -0.39 is 0 Å². The van der Waals surface area contributed by atoms with Crippen molar-refractivity contribution >= 4 is 76.8 Å². The second kappa shape index (κ2) is 11.8. The second-order valence-corrected chi connectivity index (χ2v) is 13.9. The van der Waals surface area contributed by atoms with Crippen molar-refractivity contribution in [3.8, 4) is 28.2 Å². The molecule has 11 rings (SSSR count). The lowest BCUT2D eigenvalue weighted by atomic mass is 10.0. The molecule has 0 spiro atoms. The van der Waals surface area contributed by atoms with Crippen LogP contribution in [0.5, 0.6) is 0 Å². The van der Waals surface area contributed by atoms with Gasteiger partial charge in [-0.25, -0.2) is 9.69 Å². The highest BCUT2D eigenvalue weighted by atomic mass is 15.0. The minimum absolute atomic E-state index is 0.557. The third kappa shape index (κ3) is 4.45. The Bertz CT molecular complexity index is 3400. The van der Waals surface area contributed by atoms with Gasteiger partial charge in [-0.05, 0) is 83.2 Å². The molecule has 0 unspecified atom stereocenters. The van der Waals surface area contributed by atoms with Crippen LogP contribution in [0.2, 0.25) is 0 Å². The lowest BCUT2D eigenvalue weighted by molar-refractivity contribution is 1.16. The minimum atomic E-state index is 0.557. The van der Waals surface area contributed by atoms with E-state index in [4.69, 9.17) is 13.1 Å². The van der Waals surface area contributed by atoms with Gasteiger partial charge in [0.15, 0.2) is 5.69 Å². The van der Waals surface area contributed by atoms with Gasteiger partial charge < -0.3 is 13.7 Å². The molecule has 0 atom stereocenters. The van der Waals surface area contributed by atoms with E-state index in [1.807, 2.05) is 42.5 Å². The number of nitrogens with zero attached hydrogens (tertiary/aromatic N) is 5. The normalized spacial score (nSPS) is 11.6. The van der Waals surface area contributed by atoms with Crippen LogP contribution in [0, 0.1) is 13.1 Å². The maximum atomic E-state index is 8.08. The Morgan fingerprint density at radius 2 is 0.818 bits per heavy atom. The number of hydrogen-bond acceptors (Lipinski definition) is 0. The molecule has 254 valence electrons. The van der Waals surface area contributed by atoms with Gasteiger partial charge in [0.2, 0.25) is 5.69 Å². The highest BCUT2D eigenvalue weighted by Gasteiger charge is 2.19. The largest absolute Gasteiger partial charge is 0.320 e. The van der Waals surface area contributed by atoms with Crippen LogP contribution in [0.4, 0.5) is 11.4 Å². The van der Waals surface area contributed by atoms with Crippen LogP contribution < -0.4 is 0 Å². The maximum Gasteiger partial charge on any atom is 0.210 e. The number of rotatable bonds is 4. The van der Waals surface area contributed by atoms with Crippen molar-refractivity contribution < 1.29 is 0 Å². The average molecular weight is 700 g/mol. The van der Waals surface area contributed by atoms with E-state index in [-0.39, 0.29) is 0 Å². The smallest absolute Gasteiger partial charge is 0.210 e. The van der Waals surface area contributed by atoms with Gasteiger partial charge in [0.05, 0.1) is 46.4 Å². The van der Waals surface area contributed by atoms with Crippen molar-refractivity contribution in [1.29, 1.82) is 0 Å². The molecule has 0 radical (unpaired) electrons. The Balaban J connectivity index is 1.04. The van der Waals surface area contributed by atoms with Gasteiger partial charge in [-0.1, -0.05) is 109 Å². The summed E-state index contributed by atoms with van der Waals surface area (Å²) >= 11 is 0. The van der Waals surface area contributed by atoms with Crippen LogP contribution in [0.3, 0.4) is 0 Å². The summed E-state index contributed by atoms with van der Waals surface area (Å²) in [6.07, 6.45) is 0. The van der Waals surface area contributed by atoms with Crippen LogP contribution in [0.1, 0.15) is 0 Å². The molecule has 0 aliphatic carbocycles. The molecule has 5 heteroatoms. The Morgan fingerprint density at radius 1 is 0.327 bits per heavy atom. The highest BCUT2D eigenvalue weighted by molar-refractivity contribution is 6.16. The van der Waals surface area contributed by atoms with Crippen molar-refractivity contribution in [2.24, 2.45) is 0 Å². The maximum absolute atomic E-state index is 8.08. The van der Waals surface area contributed by atoms with Gasteiger partial charge >= 0.3 is 0 Å². The molecule has 11 aromatic rings. The molecule has 8 aromatic carbocycles. The van der Waals surface area contributed by atoms with Gasteiger partial charge in [-0.15, -0.1) is 0 Å². The Kier molecular flexibility index (Phi) is 6.61. The summed E-state index contributed by atoms with van der Waals surface area (Å²) in [5, 5.41) is 6.82. The van der Waals surface area contributed by atoms with Gasteiger partial charge in [0.25, 0.3) is 0 Å². The lowest BCUT2D eigenvalue weighted by Gasteiger charge is -2.14. The lowest BCUT2D eigenvalue weighted by Crippen LogP contribution is -1.96. The van der Waals surface area contributed by atoms with Crippen LogP contribution in [0.25, 0.3) is 103 Å². The van der Waals surface area contributed by atoms with Crippen LogP contribution in [0.15, 0.2) is 176 Å². The SMILES string of the molecule is [C-]#[N+]c1ccc(-c2ccc(-n3c4ccccc4c4cc(-n5c6ccccc6c6ccccc65)ccc43)cc2)cc1-n1c2ccccc2c2c([N+]#[C-])cccc21. The first-order valence-electron chi connectivity index (χ1n) is 18.3. The number of para-hydroxylation sites is 4. The Hall–Kier alpha value is -7.86. The van der Waals surface area contributed by atoms with Crippen molar-refractivity contribution in [3.63, 3.8) is 0 Å². The fourth-order valence-corrected chi connectivity index (χ4v) is 8.71. The topological polar surface area (TPSA) is 23.5 Å². The first kappa shape index (κ1) is 30.7. The molecular weight excluding hydrogens is 671 g/mol. The molecular formula is C50H29N5. The molecule has 0 saturated heterocycles. The molecule has 0 N–H and O–H groups in total. The molecule has 55 heavy (non-hydrogen) atoms. The van der Waals surface area contributed by atoms with Gasteiger partial charge in [-0.2, -0.15) is 0 Å². The molecule has 0 bridgehead atoms. The van der Waals surface area contributed by atoms with E-state index in [0.29, 0.717) is 11.4 Å². The number of hydrogen-bond donors (Lipinski definition) is 0. The summed E-state index contributed by atoms with van der Waals surface area (Å²) in [5.41, 5.74) is 12.8. The molecule has 0 amide bonds. The van der Waals surface area contributed by atoms with Gasteiger partial charge in [0.1, 0.15) is 0 Å². The monoisotopic (exact) mass is 699 g/mol. The predicted octanol–water partition coefficient (Wildman–Crippen LogP) is 13.7. The summed E-state index contributed by atoms with van der Waals surface area (Å²) in [4.78, 5) is 7.78. The van der Waals surface area contributed by atoms with Crippen LogP contribution in [-0.2, 0) is 0 Å². The molecule has 3 heterocycles. The molecule has 0 aliphatic rings. The van der Waals surface area contributed by atoms with Crippen molar-refractivity contribution in [2.75, 3.05) is 0 Å². The van der Waals surface area contributed by atoms with Crippen LogP contribution >= 0.6 is 0 Å². The third-order valence-electron chi connectivity index (χ3n) is 11.1. The molecule has 5 nitrogen and oxygen atoms in total. The summed E-state index contributed by atoms with van der Waals surface area (Å²) < 4.78 is 6.86. The van der Waals surface area contributed by atoms with Gasteiger partial charge in [-0.3, -0.25) is 0 Å². The summed E-state index contributed by atoms with van der Waals surface area (Å²) in [6.45, 7) is 15.9. The van der Waals surface area contributed by atoms with E-state index in [9.17, 15) is 0 Å². The van der Waals surface area contributed by atoms with E-state index >= 15 is 0 Å². The van der Waals surface area contributed by atoms with Crippen molar-refractivity contribution in [2.45, 2.75) is 0 Å². The van der Waals surface area contributed by atoms with Gasteiger partial charge in [0, 0.05) is 43.8 Å². The minimum Gasteiger partial charge on any atom is -0.320 e. The fraction of sp³-hybridized carbons (Fsp3) is 0. The quantitative estimate of drug-likeness (QED) is 0.163. The third-order valence-corrected chi connectivity index (χ3v) is 11.1. The average Bonchev–Trinajstić information content (AvgIpc) is 3.89. The molecule has 0 fully saturated rings. The summed E-state index contributed by atoms with van der Waals surface area (Å²) in [7, 11) is 0. The highest BCUT2D eigenvalue weighted by Crippen LogP contribution is 2.42. The van der Waals surface area contributed by atoms with E-state index in [0.717, 1.165) is 61.0 Å². The Morgan fingerprint density at radius 3 is 1.45 bits per heavy atom. The number of fused-ring (bicyclic) bond motifs is 9. The zero-order valence-electron chi connectivity index (χ0n) is 29.5. The van der Waals surface area contributed by atoms with Crippen molar-refractivity contribution in [1.82, 2.24) is 13.7 Å². The first-order chi connectivity index (χ1) is 27.2. The van der Waals surface area contributed by atoms with Crippen LogP contribution in [-0.4, -0.2) is 13.7 Å². The Labute approximate surface area is 316 Å². The summed E-state index contributed by atoms with van der Waals surface area (Å²) in [6, 6.07) is 61.5. The molecule has 0 aliphatic heterocycles.